The molecule has 5 nitrogen and oxygen atoms in total. The molecule has 0 radical (unpaired) electrons. The molecule has 2 heterocycles. The van der Waals surface area contributed by atoms with Crippen LogP contribution in [0.4, 0.5) is 5.69 Å². The number of fused-ring (bicyclic) bond motifs is 1. The number of nitrogens with one attached hydrogen (secondary N) is 2. The average Bonchev–Trinajstić information content (AvgIpc) is 2.72. The van der Waals surface area contributed by atoms with Crippen molar-refractivity contribution in [2.24, 2.45) is 0 Å². The summed E-state index contributed by atoms with van der Waals surface area (Å²) in [5.74, 6) is 1.03. The lowest BCUT2D eigenvalue weighted by atomic mass is 10.00. The Kier molecular flexibility index (Phi) is 6.10. The van der Waals surface area contributed by atoms with E-state index in [0.717, 1.165) is 30.9 Å². The highest BCUT2D eigenvalue weighted by Crippen LogP contribution is 2.29. The fraction of sp³-hybridized carbons (Fsp3) is 0.364. The SMILES string of the molecule is C/C=C(\C)c1cnc2c(c1)NCC(CNCC(C)c1ccc(C#N)cc1)O2. The normalized spacial score (nSPS) is 17.3. The zero-order valence-corrected chi connectivity index (χ0v) is 16.1. The highest BCUT2D eigenvalue weighted by Gasteiger charge is 2.21. The fourth-order valence-electron chi connectivity index (χ4n) is 3.06. The molecule has 1 aromatic heterocycles. The lowest BCUT2D eigenvalue weighted by Gasteiger charge is -2.27. The summed E-state index contributed by atoms with van der Waals surface area (Å²) in [6.45, 7) is 8.64. The third-order valence-electron chi connectivity index (χ3n) is 4.97. The summed E-state index contributed by atoms with van der Waals surface area (Å²) in [6, 6.07) is 12.0. The molecule has 0 bridgehead atoms. The molecule has 0 fully saturated rings. The summed E-state index contributed by atoms with van der Waals surface area (Å²) in [5.41, 5.74) is 5.19. The third kappa shape index (κ3) is 4.66. The molecule has 0 spiro atoms. The van der Waals surface area contributed by atoms with Gasteiger partial charge in [0.2, 0.25) is 5.88 Å². The first-order valence-electron chi connectivity index (χ1n) is 9.35. The fourth-order valence-corrected chi connectivity index (χ4v) is 3.06. The Hall–Kier alpha value is -2.84. The van der Waals surface area contributed by atoms with Gasteiger partial charge in [0.05, 0.1) is 23.9 Å². The zero-order valence-electron chi connectivity index (χ0n) is 16.1. The van der Waals surface area contributed by atoms with Gasteiger partial charge in [0.1, 0.15) is 6.10 Å². The number of ether oxygens (including phenoxy) is 1. The van der Waals surface area contributed by atoms with Gasteiger partial charge in [-0.05, 0) is 54.7 Å². The van der Waals surface area contributed by atoms with Crippen LogP contribution in [0.1, 0.15) is 43.4 Å². The number of anilines is 1. The Morgan fingerprint density at radius 2 is 2.22 bits per heavy atom. The van der Waals surface area contributed by atoms with Gasteiger partial charge in [0.25, 0.3) is 0 Å². The van der Waals surface area contributed by atoms with E-state index in [1.165, 1.54) is 11.1 Å². The Labute approximate surface area is 161 Å². The van der Waals surface area contributed by atoms with Crippen LogP contribution >= 0.6 is 0 Å². The lowest BCUT2D eigenvalue weighted by molar-refractivity contribution is 0.193. The van der Waals surface area contributed by atoms with Crippen molar-refractivity contribution in [3.8, 4) is 11.9 Å². The van der Waals surface area contributed by atoms with Gasteiger partial charge in [-0.2, -0.15) is 5.26 Å². The molecule has 2 N–H and O–H groups in total. The molecule has 0 saturated carbocycles. The third-order valence-corrected chi connectivity index (χ3v) is 4.97. The van der Waals surface area contributed by atoms with E-state index in [9.17, 15) is 0 Å². The standard InChI is InChI=1S/C22H26N4O/c1-4-15(2)19-9-21-22(26-12-19)27-20(14-25-21)13-24-11-16(3)18-7-5-17(10-23)6-8-18/h4-9,12,16,20,24-25H,11,13-14H2,1-3H3/b15-4+. The van der Waals surface area contributed by atoms with Crippen LogP contribution in [0.5, 0.6) is 5.88 Å². The van der Waals surface area contributed by atoms with Crippen molar-refractivity contribution in [1.82, 2.24) is 10.3 Å². The van der Waals surface area contributed by atoms with Crippen LogP contribution in [0.15, 0.2) is 42.6 Å². The number of allylic oxidation sites excluding steroid dienone is 2. The largest absolute Gasteiger partial charge is 0.470 e. The average molecular weight is 362 g/mol. The summed E-state index contributed by atoms with van der Waals surface area (Å²) in [4.78, 5) is 4.47. The Bertz CT molecular complexity index is 852. The monoisotopic (exact) mass is 362 g/mol. The molecule has 3 rings (SSSR count). The molecule has 1 aromatic carbocycles. The molecule has 140 valence electrons. The minimum atomic E-state index is 0.0480. The van der Waals surface area contributed by atoms with E-state index in [-0.39, 0.29) is 6.10 Å². The van der Waals surface area contributed by atoms with Crippen molar-refractivity contribution in [3.63, 3.8) is 0 Å². The molecule has 1 aliphatic rings. The van der Waals surface area contributed by atoms with Gasteiger partial charge in [0, 0.05) is 19.3 Å². The minimum Gasteiger partial charge on any atom is -0.470 e. The number of benzene rings is 1. The molecule has 2 aromatic rings. The Balaban J connectivity index is 1.50. The van der Waals surface area contributed by atoms with Gasteiger partial charge in [0.15, 0.2) is 0 Å². The maximum atomic E-state index is 8.89. The van der Waals surface area contributed by atoms with Crippen LogP contribution in [0.25, 0.3) is 5.57 Å². The number of nitrogens with zero attached hydrogens (tertiary/aromatic N) is 2. The van der Waals surface area contributed by atoms with Gasteiger partial charge in [-0.25, -0.2) is 4.98 Å². The topological polar surface area (TPSA) is 70.0 Å². The summed E-state index contributed by atoms with van der Waals surface area (Å²) < 4.78 is 6.03. The predicted molar refractivity (Wildman–Crippen MR) is 109 cm³/mol. The van der Waals surface area contributed by atoms with E-state index in [2.05, 4.69) is 47.7 Å². The van der Waals surface area contributed by atoms with E-state index in [1.807, 2.05) is 37.4 Å². The number of hydrogen-bond acceptors (Lipinski definition) is 5. The van der Waals surface area contributed by atoms with Crippen LogP contribution < -0.4 is 15.4 Å². The zero-order chi connectivity index (χ0) is 19.2. The maximum Gasteiger partial charge on any atom is 0.237 e. The molecular formula is C22H26N4O. The van der Waals surface area contributed by atoms with Crippen LogP contribution in [0.3, 0.4) is 0 Å². The Morgan fingerprint density at radius 3 is 2.93 bits per heavy atom. The second kappa shape index (κ2) is 8.70. The molecule has 0 amide bonds. The van der Waals surface area contributed by atoms with Gasteiger partial charge in [-0.3, -0.25) is 0 Å². The highest BCUT2D eigenvalue weighted by molar-refractivity contribution is 5.68. The number of hydrogen-bond donors (Lipinski definition) is 2. The quantitative estimate of drug-likeness (QED) is 0.814. The van der Waals surface area contributed by atoms with E-state index in [0.29, 0.717) is 17.4 Å². The van der Waals surface area contributed by atoms with Crippen LogP contribution in [0.2, 0.25) is 0 Å². The molecule has 27 heavy (non-hydrogen) atoms. The first-order chi connectivity index (χ1) is 13.1. The first-order valence-corrected chi connectivity index (χ1v) is 9.35. The first kappa shape index (κ1) is 18.9. The van der Waals surface area contributed by atoms with Crippen molar-refractivity contribution >= 4 is 11.3 Å². The van der Waals surface area contributed by atoms with Crippen molar-refractivity contribution in [2.45, 2.75) is 32.8 Å². The van der Waals surface area contributed by atoms with Crippen LogP contribution in [0, 0.1) is 11.3 Å². The Morgan fingerprint density at radius 1 is 1.44 bits per heavy atom. The molecule has 5 heteroatoms. The predicted octanol–water partition coefficient (Wildman–Crippen LogP) is 3.94. The van der Waals surface area contributed by atoms with E-state index in [1.54, 1.807) is 0 Å². The molecule has 1 aliphatic heterocycles. The summed E-state index contributed by atoms with van der Waals surface area (Å²) in [6.07, 6.45) is 3.99. The molecule has 2 atom stereocenters. The summed E-state index contributed by atoms with van der Waals surface area (Å²) >= 11 is 0. The second-order valence-electron chi connectivity index (χ2n) is 6.96. The van der Waals surface area contributed by atoms with E-state index in [4.69, 9.17) is 10.00 Å². The number of aromatic nitrogens is 1. The van der Waals surface area contributed by atoms with Crippen LogP contribution in [-0.4, -0.2) is 30.7 Å². The van der Waals surface area contributed by atoms with Gasteiger partial charge < -0.3 is 15.4 Å². The summed E-state index contributed by atoms with van der Waals surface area (Å²) in [5, 5.41) is 15.8. The van der Waals surface area contributed by atoms with Crippen molar-refractivity contribution in [3.05, 3.63) is 59.3 Å². The van der Waals surface area contributed by atoms with E-state index < -0.39 is 0 Å². The molecule has 0 aliphatic carbocycles. The smallest absolute Gasteiger partial charge is 0.237 e. The van der Waals surface area contributed by atoms with Gasteiger partial charge in [-0.15, -0.1) is 0 Å². The molecule has 2 unspecified atom stereocenters. The summed E-state index contributed by atoms with van der Waals surface area (Å²) in [7, 11) is 0. The van der Waals surface area contributed by atoms with Crippen molar-refractivity contribution in [2.75, 3.05) is 25.0 Å². The van der Waals surface area contributed by atoms with Crippen molar-refractivity contribution in [1.29, 1.82) is 5.26 Å². The highest BCUT2D eigenvalue weighted by atomic mass is 16.5. The number of nitriles is 1. The second-order valence-corrected chi connectivity index (χ2v) is 6.96. The van der Waals surface area contributed by atoms with Gasteiger partial charge >= 0.3 is 0 Å². The van der Waals surface area contributed by atoms with Gasteiger partial charge in [-0.1, -0.05) is 25.1 Å². The van der Waals surface area contributed by atoms with Crippen LogP contribution in [-0.2, 0) is 0 Å². The molecule has 0 saturated heterocycles. The minimum absolute atomic E-state index is 0.0480. The van der Waals surface area contributed by atoms with E-state index >= 15 is 0 Å². The molecular weight excluding hydrogens is 336 g/mol. The number of pyridine rings is 1. The van der Waals surface area contributed by atoms with Crippen molar-refractivity contribution < 1.29 is 4.74 Å². The lowest BCUT2D eigenvalue weighted by Crippen LogP contribution is -2.40. The maximum absolute atomic E-state index is 8.89. The number of rotatable bonds is 6.